The van der Waals surface area contributed by atoms with Crippen LogP contribution in [0, 0.1) is 0 Å². The summed E-state index contributed by atoms with van der Waals surface area (Å²) in [6, 6.07) is 14.0. The molecular weight excluding hydrogens is 388 g/mol. The summed E-state index contributed by atoms with van der Waals surface area (Å²) in [5.41, 5.74) is 2.11. The number of hydrogen-bond acceptors (Lipinski definition) is 4. The van der Waals surface area contributed by atoms with Gasteiger partial charge in [-0.25, -0.2) is 8.42 Å². The van der Waals surface area contributed by atoms with Gasteiger partial charge in [-0.2, -0.15) is 0 Å². The minimum atomic E-state index is -3.62. The second kappa shape index (κ2) is 8.78. The highest BCUT2D eigenvalue weighted by molar-refractivity contribution is 7.92. The van der Waals surface area contributed by atoms with Gasteiger partial charge in [0.1, 0.15) is 6.54 Å². The third-order valence-corrected chi connectivity index (χ3v) is 7.30. The van der Waals surface area contributed by atoms with Crippen molar-refractivity contribution in [3.63, 3.8) is 0 Å². The van der Waals surface area contributed by atoms with Crippen LogP contribution in [0.3, 0.4) is 0 Å². The molecule has 6 nitrogen and oxygen atoms in total. The molecule has 1 atom stereocenters. The highest BCUT2D eigenvalue weighted by Gasteiger charge is 2.36. The van der Waals surface area contributed by atoms with Gasteiger partial charge in [-0.1, -0.05) is 37.6 Å². The van der Waals surface area contributed by atoms with E-state index in [4.69, 9.17) is 0 Å². The number of aryl methyl sites for hydroxylation is 1. The number of rotatable bonds is 6. The summed E-state index contributed by atoms with van der Waals surface area (Å²) in [6.45, 7) is 3.42. The molecule has 0 radical (unpaired) electrons. The third-order valence-electron chi connectivity index (χ3n) is 5.11. The maximum atomic E-state index is 12.7. The molecule has 1 aliphatic heterocycles. The highest BCUT2D eigenvalue weighted by atomic mass is 32.2. The molecule has 0 saturated carbocycles. The van der Waals surface area contributed by atoms with Crippen molar-refractivity contribution in [2.24, 2.45) is 0 Å². The van der Waals surface area contributed by atoms with E-state index >= 15 is 0 Å². The molecule has 1 aliphatic rings. The van der Waals surface area contributed by atoms with E-state index in [2.05, 4.69) is 12.2 Å². The van der Waals surface area contributed by atoms with Gasteiger partial charge in [0.2, 0.25) is 11.8 Å². The lowest BCUT2D eigenvalue weighted by molar-refractivity contribution is -0.121. The first kappa shape index (κ1) is 21.0. The lowest BCUT2D eigenvalue weighted by Gasteiger charge is -2.21. The van der Waals surface area contributed by atoms with Crippen LogP contribution in [0.4, 0.5) is 11.4 Å². The number of anilines is 2. The van der Waals surface area contributed by atoms with Gasteiger partial charge in [0.15, 0.2) is 9.84 Å². The lowest BCUT2D eigenvalue weighted by Crippen LogP contribution is -2.38. The van der Waals surface area contributed by atoms with Crippen molar-refractivity contribution in [3.8, 4) is 0 Å². The lowest BCUT2D eigenvalue weighted by atomic mass is 10.1. The topological polar surface area (TPSA) is 83.6 Å². The van der Waals surface area contributed by atoms with Gasteiger partial charge in [0.25, 0.3) is 0 Å². The molecule has 0 aliphatic carbocycles. The standard InChI is InChI=1S/C22H26N2O4S/c1-3-4-7-17-10-12-18(13-11-17)23-21(25)15-24-19-8-5-6-9-20(19)29(27,28)16(2)14-22(24)26/h5-6,8-13,16H,3-4,7,14-15H2,1-2H3,(H,23,25). The number of carbonyl (C=O) groups is 2. The van der Waals surface area contributed by atoms with Gasteiger partial charge in [-0.15, -0.1) is 0 Å². The van der Waals surface area contributed by atoms with Crippen LogP contribution in [-0.2, 0) is 25.8 Å². The van der Waals surface area contributed by atoms with Crippen molar-refractivity contribution >= 4 is 33.0 Å². The molecule has 3 rings (SSSR count). The monoisotopic (exact) mass is 414 g/mol. The minimum Gasteiger partial charge on any atom is -0.325 e. The fourth-order valence-corrected chi connectivity index (χ4v) is 4.92. The van der Waals surface area contributed by atoms with Crippen LogP contribution in [0.1, 0.15) is 38.7 Å². The van der Waals surface area contributed by atoms with Crippen LogP contribution in [0.2, 0.25) is 0 Å². The van der Waals surface area contributed by atoms with Crippen LogP contribution < -0.4 is 10.2 Å². The van der Waals surface area contributed by atoms with Crippen molar-refractivity contribution in [1.29, 1.82) is 0 Å². The number of fused-ring (bicyclic) bond motifs is 1. The van der Waals surface area contributed by atoms with E-state index in [0.29, 0.717) is 5.69 Å². The number of carbonyl (C=O) groups excluding carboxylic acids is 2. The Morgan fingerprint density at radius 3 is 2.52 bits per heavy atom. The van der Waals surface area contributed by atoms with Crippen molar-refractivity contribution in [3.05, 3.63) is 54.1 Å². The molecule has 1 heterocycles. The smallest absolute Gasteiger partial charge is 0.244 e. The first-order chi connectivity index (χ1) is 13.8. The minimum absolute atomic E-state index is 0.0893. The molecule has 2 aromatic rings. The molecule has 2 aromatic carbocycles. The number of nitrogens with zero attached hydrogens (tertiary/aromatic N) is 1. The maximum absolute atomic E-state index is 12.7. The van der Waals surface area contributed by atoms with Gasteiger partial charge < -0.3 is 10.2 Å². The molecule has 154 valence electrons. The van der Waals surface area contributed by atoms with E-state index in [1.165, 1.54) is 23.5 Å². The molecule has 0 saturated heterocycles. The maximum Gasteiger partial charge on any atom is 0.244 e. The molecule has 0 aromatic heterocycles. The summed E-state index contributed by atoms with van der Waals surface area (Å²) < 4.78 is 25.4. The van der Waals surface area contributed by atoms with E-state index in [0.717, 1.165) is 19.3 Å². The molecule has 1 unspecified atom stereocenters. The number of unbranched alkanes of at least 4 members (excludes halogenated alkanes) is 1. The predicted molar refractivity (Wildman–Crippen MR) is 114 cm³/mol. The molecule has 7 heteroatoms. The van der Waals surface area contributed by atoms with E-state index in [9.17, 15) is 18.0 Å². The highest BCUT2D eigenvalue weighted by Crippen LogP contribution is 2.33. The Kier molecular flexibility index (Phi) is 6.37. The second-order valence-electron chi connectivity index (χ2n) is 7.36. The van der Waals surface area contributed by atoms with Gasteiger partial charge in [0.05, 0.1) is 15.8 Å². The zero-order valence-electron chi connectivity index (χ0n) is 16.7. The fourth-order valence-electron chi connectivity index (χ4n) is 3.39. The Morgan fingerprint density at radius 2 is 1.83 bits per heavy atom. The van der Waals surface area contributed by atoms with Crippen molar-refractivity contribution in [2.75, 3.05) is 16.8 Å². The molecule has 29 heavy (non-hydrogen) atoms. The summed E-state index contributed by atoms with van der Waals surface area (Å²) in [4.78, 5) is 26.6. The Morgan fingerprint density at radius 1 is 1.14 bits per heavy atom. The van der Waals surface area contributed by atoms with Crippen molar-refractivity contribution < 1.29 is 18.0 Å². The largest absolute Gasteiger partial charge is 0.325 e. The Balaban J connectivity index is 1.78. The van der Waals surface area contributed by atoms with Crippen LogP contribution in [0.25, 0.3) is 0 Å². The number of sulfone groups is 1. The second-order valence-corrected chi connectivity index (χ2v) is 9.69. The number of benzene rings is 2. The Bertz CT molecular complexity index is 1000. The quantitative estimate of drug-likeness (QED) is 0.783. The van der Waals surface area contributed by atoms with Gasteiger partial charge >= 0.3 is 0 Å². The summed E-state index contributed by atoms with van der Waals surface area (Å²) in [6.07, 6.45) is 3.08. The van der Waals surface area contributed by atoms with Crippen LogP contribution in [0.5, 0.6) is 0 Å². The molecule has 1 N–H and O–H groups in total. The van der Waals surface area contributed by atoms with Crippen LogP contribution in [0.15, 0.2) is 53.4 Å². The zero-order valence-corrected chi connectivity index (χ0v) is 17.5. The molecule has 0 fully saturated rings. The Hall–Kier alpha value is -2.67. The summed E-state index contributed by atoms with van der Waals surface area (Å²) in [5, 5.41) is 1.96. The summed E-state index contributed by atoms with van der Waals surface area (Å²) in [7, 11) is -3.62. The van der Waals surface area contributed by atoms with Gasteiger partial charge in [0, 0.05) is 12.1 Å². The van der Waals surface area contributed by atoms with E-state index in [1.54, 1.807) is 18.2 Å². The van der Waals surface area contributed by atoms with Crippen molar-refractivity contribution in [1.82, 2.24) is 0 Å². The summed E-state index contributed by atoms with van der Waals surface area (Å²) in [5.74, 6) is -0.752. The molecule has 0 bridgehead atoms. The van der Waals surface area contributed by atoms with E-state index in [1.807, 2.05) is 24.3 Å². The molecule has 2 amide bonds. The predicted octanol–water partition coefficient (Wildman–Crippen LogP) is 3.57. The number of nitrogens with one attached hydrogen (secondary N) is 1. The normalized spacial score (nSPS) is 18.1. The van der Waals surface area contributed by atoms with Gasteiger partial charge in [-0.3, -0.25) is 9.59 Å². The number of para-hydroxylation sites is 1. The van der Waals surface area contributed by atoms with E-state index < -0.39 is 15.1 Å². The molecule has 0 spiro atoms. The van der Waals surface area contributed by atoms with E-state index in [-0.39, 0.29) is 35.4 Å². The first-order valence-corrected chi connectivity index (χ1v) is 11.4. The third kappa shape index (κ3) is 4.67. The van der Waals surface area contributed by atoms with Gasteiger partial charge in [-0.05, 0) is 49.6 Å². The first-order valence-electron chi connectivity index (χ1n) is 9.85. The zero-order chi connectivity index (χ0) is 21.0. The van der Waals surface area contributed by atoms with Crippen LogP contribution >= 0.6 is 0 Å². The van der Waals surface area contributed by atoms with Crippen LogP contribution in [-0.4, -0.2) is 32.0 Å². The average Bonchev–Trinajstić information content (AvgIpc) is 2.77. The average molecular weight is 415 g/mol. The number of hydrogen-bond donors (Lipinski definition) is 1. The Labute approximate surface area is 171 Å². The number of amides is 2. The molecular formula is C22H26N2O4S. The fraction of sp³-hybridized carbons (Fsp3) is 0.364. The SMILES string of the molecule is CCCCc1ccc(NC(=O)CN2C(=O)CC(C)S(=O)(=O)c3ccccc32)cc1. The summed E-state index contributed by atoms with van der Waals surface area (Å²) >= 11 is 0. The van der Waals surface area contributed by atoms with Crippen molar-refractivity contribution in [2.45, 2.75) is 49.7 Å².